The van der Waals surface area contributed by atoms with Crippen LogP contribution in [-0.2, 0) is 17.6 Å². The van der Waals surface area contributed by atoms with Crippen LogP contribution in [0.4, 0.5) is 0 Å². The molecule has 1 aromatic carbocycles. The van der Waals surface area contributed by atoms with Crippen LogP contribution in [0.5, 0.6) is 0 Å². The molecule has 0 amide bonds. The number of aliphatic imine (C=N–C) groups is 1. The second kappa shape index (κ2) is 3.63. The van der Waals surface area contributed by atoms with Crippen LogP contribution in [0.25, 0.3) is 0 Å². The van der Waals surface area contributed by atoms with Crippen LogP contribution in [0.15, 0.2) is 29.3 Å². The predicted octanol–water partition coefficient (Wildman–Crippen LogP) is 2.52. The second-order valence-electron chi connectivity index (χ2n) is 4.73. The van der Waals surface area contributed by atoms with E-state index in [1.54, 1.807) is 6.08 Å². The maximum absolute atomic E-state index is 10.4. The van der Waals surface area contributed by atoms with Crippen LogP contribution in [0.1, 0.15) is 25.0 Å². The van der Waals surface area contributed by atoms with E-state index in [-0.39, 0.29) is 5.54 Å². The van der Waals surface area contributed by atoms with Crippen molar-refractivity contribution < 1.29 is 4.79 Å². The smallest absolute Gasteiger partial charge is 0.211 e. The highest BCUT2D eigenvalue weighted by Gasteiger charge is 2.34. The van der Waals surface area contributed by atoms with Gasteiger partial charge in [0, 0.05) is 0 Å². The lowest BCUT2D eigenvalue weighted by Crippen LogP contribution is -2.29. The maximum Gasteiger partial charge on any atom is 0.235 e. The van der Waals surface area contributed by atoms with Crippen molar-refractivity contribution in [1.82, 2.24) is 0 Å². The van der Waals surface area contributed by atoms with E-state index >= 15 is 0 Å². The Morgan fingerprint density at radius 3 is 2.27 bits per heavy atom. The number of hydrogen-bond donors (Lipinski definition) is 0. The molecule has 15 heavy (non-hydrogen) atoms. The normalized spacial score (nSPS) is 15.9. The van der Waals surface area contributed by atoms with Gasteiger partial charge in [0.15, 0.2) is 0 Å². The molecule has 2 heteroatoms. The lowest BCUT2D eigenvalue weighted by atomic mass is 9.86. The van der Waals surface area contributed by atoms with E-state index in [1.165, 1.54) is 11.1 Å². The number of fused-ring (bicyclic) bond motifs is 1. The Hall–Kier alpha value is -1.40. The minimum absolute atomic E-state index is 0.291. The van der Waals surface area contributed by atoms with E-state index in [9.17, 15) is 4.79 Å². The molecule has 0 heterocycles. The minimum atomic E-state index is -0.291. The molecule has 1 aromatic rings. The average Bonchev–Trinajstić information content (AvgIpc) is 2.61. The molecule has 0 N–H and O–H groups in total. The number of nitrogens with zero attached hydrogens (tertiary/aromatic N) is 1. The molecule has 0 aromatic heterocycles. The number of rotatable bonds is 2. The van der Waals surface area contributed by atoms with Gasteiger partial charge < -0.3 is 0 Å². The summed E-state index contributed by atoms with van der Waals surface area (Å²) in [6.45, 7) is 4.02. The molecule has 0 saturated carbocycles. The van der Waals surface area contributed by atoms with E-state index < -0.39 is 0 Å². The van der Waals surface area contributed by atoms with Gasteiger partial charge in [-0.1, -0.05) is 24.3 Å². The van der Waals surface area contributed by atoms with Crippen LogP contribution in [0, 0.1) is 5.92 Å². The first-order valence-corrected chi connectivity index (χ1v) is 5.29. The number of benzene rings is 1. The SMILES string of the molecule is CC(C)(N=C=O)C1Cc2ccccc2C1. The van der Waals surface area contributed by atoms with Gasteiger partial charge in [0.2, 0.25) is 6.08 Å². The molecule has 2 rings (SSSR count). The maximum atomic E-state index is 10.4. The van der Waals surface area contributed by atoms with E-state index in [0.29, 0.717) is 5.92 Å². The van der Waals surface area contributed by atoms with E-state index in [0.717, 1.165) is 12.8 Å². The molecule has 1 aliphatic rings. The fourth-order valence-electron chi connectivity index (χ4n) is 2.27. The summed E-state index contributed by atoms with van der Waals surface area (Å²) in [5.74, 6) is 0.427. The molecular weight excluding hydrogens is 186 g/mol. The lowest BCUT2D eigenvalue weighted by Gasteiger charge is -2.25. The van der Waals surface area contributed by atoms with Gasteiger partial charge in [-0.2, -0.15) is 4.99 Å². The minimum Gasteiger partial charge on any atom is -0.211 e. The quantitative estimate of drug-likeness (QED) is 0.534. The zero-order valence-corrected chi connectivity index (χ0v) is 9.16. The Morgan fingerprint density at radius 1 is 1.27 bits per heavy atom. The van der Waals surface area contributed by atoms with Gasteiger partial charge >= 0.3 is 0 Å². The van der Waals surface area contributed by atoms with E-state index in [4.69, 9.17) is 0 Å². The molecule has 1 aliphatic carbocycles. The summed E-state index contributed by atoms with van der Waals surface area (Å²) in [5.41, 5.74) is 2.51. The Balaban J connectivity index is 2.23. The van der Waals surface area contributed by atoms with Crippen molar-refractivity contribution in [1.29, 1.82) is 0 Å². The first-order chi connectivity index (χ1) is 7.13. The van der Waals surface area contributed by atoms with E-state index in [2.05, 4.69) is 29.3 Å². The third-order valence-electron chi connectivity index (χ3n) is 3.38. The third-order valence-corrected chi connectivity index (χ3v) is 3.38. The van der Waals surface area contributed by atoms with Crippen molar-refractivity contribution in [3.05, 3.63) is 35.4 Å². The summed E-state index contributed by atoms with van der Waals surface area (Å²) in [4.78, 5) is 14.3. The topological polar surface area (TPSA) is 29.4 Å². The zero-order valence-electron chi connectivity index (χ0n) is 9.16. The predicted molar refractivity (Wildman–Crippen MR) is 59.5 cm³/mol. The molecule has 0 radical (unpaired) electrons. The van der Waals surface area contributed by atoms with Crippen molar-refractivity contribution in [2.24, 2.45) is 10.9 Å². The van der Waals surface area contributed by atoms with Gasteiger partial charge in [-0.25, -0.2) is 4.79 Å². The molecule has 0 fully saturated rings. The van der Waals surface area contributed by atoms with Gasteiger partial charge in [0.05, 0.1) is 5.54 Å². The highest BCUT2D eigenvalue weighted by Crippen LogP contribution is 2.35. The fraction of sp³-hybridized carbons (Fsp3) is 0.462. The van der Waals surface area contributed by atoms with Gasteiger partial charge in [0.1, 0.15) is 0 Å². The zero-order chi connectivity index (χ0) is 10.9. The summed E-state index contributed by atoms with van der Waals surface area (Å²) in [7, 11) is 0. The molecule has 0 saturated heterocycles. The molecule has 2 nitrogen and oxygen atoms in total. The van der Waals surface area contributed by atoms with Crippen LogP contribution < -0.4 is 0 Å². The molecule has 0 aliphatic heterocycles. The van der Waals surface area contributed by atoms with Gasteiger partial charge in [-0.3, -0.25) is 0 Å². The van der Waals surface area contributed by atoms with Crippen LogP contribution in [-0.4, -0.2) is 11.6 Å². The third kappa shape index (κ3) is 1.86. The first kappa shape index (κ1) is 10.1. The van der Waals surface area contributed by atoms with Crippen molar-refractivity contribution in [2.45, 2.75) is 32.2 Å². The van der Waals surface area contributed by atoms with Crippen molar-refractivity contribution in [2.75, 3.05) is 0 Å². The van der Waals surface area contributed by atoms with Gasteiger partial charge in [0.25, 0.3) is 0 Å². The Labute approximate surface area is 90.0 Å². The van der Waals surface area contributed by atoms with Crippen molar-refractivity contribution in [3.8, 4) is 0 Å². The largest absolute Gasteiger partial charge is 0.235 e. The van der Waals surface area contributed by atoms with Crippen LogP contribution >= 0.6 is 0 Å². The first-order valence-electron chi connectivity index (χ1n) is 5.29. The van der Waals surface area contributed by atoms with Gasteiger partial charge in [-0.15, -0.1) is 0 Å². The summed E-state index contributed by atoms with van der Waals surface area (Å²) in [6.07, 6.45) is 3.73. The highest BCUT2D eigenvalue weighted by molar-refractivity contribution is 5.37. The standard InChI is InChI=1S/C13H15NO/c1-13(2,14-9-15)12-7-10-5-3-4-6-11(10)8-12/h3-6,12H,7-8H2,1-2H3. The Morgan fingerprint density at radius 2 is 1.80 bits per heavy atom. The average molecular weight is 201 g/mol. The number of carbonyl (C=O) groups excluding carboxylic acids is 1. The Bertz CT molecular complexity index is 391. The van der Waals surface area contributed by atoms with Gasteiger partial charge in [-0.05, 0) is 43.7 Å². The summed E-state index contributed by atoms with van der Waals surface area (Å²) in [5, 5.41) is 0. The lowest BCUT2D eigenvalue weighted by molar-refractivity contribution is 0.335. The molecule has 0 atom stereocenters. The van der Waals surface area contributed by atoms with Crippen molar-refractivity contribution in [3.63, 3.8) is 0 Å². The van der Waals surface area contributed by atoms with E-state index in [1.807, 2.05) is 13.8 Å². The highest BCUT2D eigenvalue weighted by atomic mass is 16.1. The number of isocyanates is 1. The van der Waals surface area contributed by atoms with Crippen LogP contribution in [0.2, 0.25) is 0 Å². The fourth-order valence-corrected chi connectivity index (χ4v) is 2.27. The van der Waals surface area contributed by atoms with Crippen molar-refractivity contribution >= 4 is 6.08 Å². The van der Waals surface area contributed by atoms with Crippen LogP contribution in [0.3, 0.4) is 0 Å². The Kier molecular flexibility index (Phi) is 2.45. The molecule has 0 spiro atoms. The monoisotopic (exact) mass is 201 g/mol. The summed E-state index contributed by atoms with van der Waals surface area (Å²) >= 11 is 0. The molecular formula is C13H15NO. The molecule has 78 valence electrons. The number of hydrogen-bond acceptors (Lipinski definition) is 2. The summed E-state index contributed by atoms with van der Waals surface area (Å²) < 4.78 is 0. The second-order valence-corrected chi connectivity index (χ2v) is 4.73. The molecule has 0 bridgehead atoms. The molecule has 0 unspecified atom stereocenters. The summed E-state index contributed by atoms with van der Waals surface area (Å²) in [6, 6.07) is 8.46.